The van der Waals surface area contributed by atoms with E-state index in [-0.39, 0.29) is 0 Å². The molecule has 0 unspecified atom stereocenters. The molecule has 0 atom stereocenters. The second-order valence-electron chi connectivity index (χ2n) is 4.67. The fraction of sp³-hybridized carbons (Fsp3) is 0.118. The van der Waals surface area contributed by atoms with Crippen LogP contribution in [0.2, 0.25) is 5.02 Å². The van der Waals surface area contributed by atoms with Crippen LogP contribution in [0.15, 0.2) is 54.7 Å². The molecule has 20 heavy (non-hydrogen) atoms. The predicted molar refractivity (Wildman–Crippen MR) is 82.3 cm³/mol. The highest BCUT2D eigenvalue weighted by atomic mass is 35.5. The minimum Gasteiger partial charge on any atom is -0.487 e. The van der Waals surface area contributed by atoms with E-state index in [9.17, 15) is 0 Å². The van der Waals surface area contributed by atoms with Crippen LogP contribution in [0, 0.1) is 6.92 Å². The molecule has 0 amide bonds. The van der Waals surface area contributed by atoms with Gasteiger partial charge in [-0.3, -0.25) is 4.98 Å². The normalized spacial score (nSPS) is 10.7. The van der Waals surface area contributed by atoms with Crippen LogP contribution < -0.4 is 4.74 Å². The Morgan fingerprint density at radius 2 is 1.85 bits per heavy atom. The Morgan fingerprint density at radius 3 is 2.70 bits per heavy atom. The fourth-order valence-corrected chi connectivity index (χ4v) is 2.51. The van der Waals surface area contributed by atoms with E-state index in [4.69, 9.17) is 16.3 Å². The number of aryl methyl sites for hydroxylation is 1. The van der Waals surface area contributed by atoms with E-state index in [1.54, 1.807) is 6.20 Å². The van der Waals surface area contributed by atoms with Gasteiger partial charge in [-0.25, -0.2) is 0 Å². The van der Waals surface area contributed by atoms with Gasteiger partial charge in [0.05, 0.1) is 10.5 Å². The van der Waals surface area contributed by atoms with Gasteiger partial charge in [0.15, 0.2) is 0 Å². The summed E-state index contributed by atoms with van der Waals surface area (Å²) in [6, 6.07) is 15.8. The van der Waals surface area contributed by atoms with Crippen molar-refractivity contribution >= 4 is 22.5 Å². The zero-order chi connectivity index (χ0) is 13.9. The summed E-state index contributed by atoms with van der Waals surface area (Å²) in [7, 11) is 0. The van der Waals surface area contributed by atoms with Crippen LogP contribution in [0.3, 0.4) is 0 Å². The molecule has 0 saturated heterocycles. The van der Waals surface area contributed by atoms with Crippen LogP contribution in [-0.4, -0.2) is 4.98 Å². The minimum absolute atomic E-state index is 0.457. The Labute approximate surface area is 123 Å². The third-order valence-electron chi connectivity index (χ3n) is 3.25. The first-order valence-corrected chi connectivity index (χ1v) is 6.84. The second kappa shape index (κ2) is 5.51. The first-order valence-electron chi connectivity index (χ1n) is 6.46. The number of fused-ring (bicyclic) bond motifs is 1. The average Bonchev–Trinajstić information content (AvgIpc) is 2.47. The van der Waals surface area contributed by atoms with Crippen molar-refractivity contribution < 1.29 is 4.74 Å². The van der Waals surface area contributed by atoms with Crippen molar-refractivity contribution in [1.29, 1.82) is 0 Å². The van der Waals surface area contributed by atoms with Gasteiger partial charge < -0.3 is 4.74 Å². The van der Waals surface area contributed by atoms with Crippen LogP contribution in [-0.2, 0) is 6.61 Å². The predicted octanol–water partition coefficient (Wildman–Crippen LogP) is 4.78. The highest BCUT2D eigenvalue weighted by Crippen LogP contribution is 2.29. The molecule has 0 fully saturated rings. The molecule has 0 N–H and O–H groups in total. The Bertz CT molecular complexity index is 729. The number of nitrogens with zero attached hydrogens (tertiary/aromatic N) is 1. The van der Waals surface area contributed by atoms with Gasteiger partial charge in [-0.2, -0.15) is 0 Å². The lowest BCUT2D eigenvalue weighted by molar-refractivity contribution is 0.305. The molecule has 0 aliphatic heterocycles. The number of benzene rings is 2. The van der Waals surface area contributed by atoms with Crippen molar-refractivity contribution in [3.05, 3.63) is 70.9 Å². The molecule has 0 aliphatic rings. The van der Waals surface area contributed by atoms with Crippen molar-refractivity contribution in [2.75, 3.05) is 0 Å². The monoisotopic (exact) mass is 283 g/mol. The number of hydrogen-bond acceptors (Lipinski definition) is 2. The maximum Gasteiger partial charge on any atom is 0.141 e. The number of para-hydroxylation sites is 2. The van der Waals surface area contributed by atoms with E-state index in [1.807, 2.05) is 55.5 Å². The average molecular weight is 284 g/mol. The molecule has 3 heteroatoms. The SMILES string of the molecule is Cc1cccc(Cl)c1OCc1cccc2cccnc12. The first-order chi connectivity index (χ1) is 9.75. The molecule has 0 bridgehead atoms. The van der Waals surface area contributed by atoms with Gasteiger partial charge in [0.2, 0.25) is 0 Å². The summed E-state index contributed by atoms with van der Waals surface area (Å²) in [5.41, 5.74) is 3.06. The van der Waals surface area contributed by atoms with Gasteiger partial charge in [-0.05, 0) is 24.6 Å². The Balaban J connectivity index is 1.91. The van der Waals surface area contributed by atoms with Crippen LogP contribution in [0.5, 0.6) is 5.75 Å². The lowest BCUT2D eigenvalue weighted by atomic mass is 10.1. The fourth-order valence-electron chi connectivity index (χ4n) is 2.23. The lowest BCUT2D eigenvalue weighted by Crippen LogP contribution is -1.99. The van der Waals surface area contributed by atoms with Gasteiger partial charge in [-0.15, -0.1) is 0 Å². The van der Waals surface area contributed by atoms with Crippen molar-refractivity contribution in [3.63, 3.8) is 0 Å². The standard InChI is InChI=1S/C17H14ClNO/c1-12-5-2-9-15(18)17(12)20-11-14-7-3-6-13-8-4-10-19-16(13)14/h2-10H,11H2,1H3. The highest BCUT2D eigenvalue weighted by molar-refractivity contribution is 6.32. The summed E-state index contributed by atoms with van der Waals surface area (Å²) >= 11 is 6.17. The second-order valence-corrected chi connectivity index (χ2v) is 5.07. The minimum atomic E-state index is 0.457. The molecule has 3 rings (SSSR count). The number of halogens is 1. The molecule has 2 aromatic carbocycles. The summed E-state index contributed by atoms with van der Waals surface area (Å²) in [6.45, 7) is 2.45. The zero-order valence-electron chi connectivity index (χ0n) is 11.1. The van der Waals surface area contributed by atoms with Gasteiger partial charge in [0.25, 0.3) is 0 Å². The van der Waals surface area contributed by atoms with Gasteiger partial charge in [0.1, 0.15) is 12.4 Å². The van der Waals surface area contributed by atoms with Gasteiger partial charge >= 0.3 is 0 Å². The molecule has 1 aromatic heterocycles. The molecular weight excluding hydrogens is 270 g/mol. The summed E-state index contributed by atoms with van der Waals surface area (Å²) in [5.74, 6) is 0.738. The van der Waals surface area contributed by atoms with E-state index < -0.39 is 0 Å². The number of hydrogen-bond donors (Lipinski definition) is 0. The van der Waals surface area contributed by atoms with E-state index in [2.05, 4.69) is 4.98 Å². The smallest absolute Gasteiger partial charge is 0.141 e. The summed E-state index contributed by atoms with van der Waals surface area (Å²) in [4.78, 5) is 4.43. The zero-order valence-corrected chi connectivity index (χ0v) is 11.9. The molecule has 1 heterocycles. The molecule has 0 saturated carbocycles. The largest absolute Gasteiger partial charge is 0.487 e. The maximum atomic E-state index is 6.17. The van der Waals surface area contributed by atoms with Crippen LogP contribution in [0.25, 0.3) is 10.9 Å². The highest BCUT2D eigenvalue weighted by Gasteiger charge is 2.07. The summed E-state index contributed by atoms with van der Waals surface area (Å²) < 4.78 is 5.89. The number of ether oxygens (including phenoxy) is 1. The van der Waals surface area contributed by atoms with E-state index in [0.29, 0.717) is 11.6 Å². The number of aromatic nitrogens is 1. The van der Waals surface area contributed by atoms with E-state index >= 15 is 0 Å². The van der Waals surface area contributed by atoms with E-state index in [0.717, 1.165) is 27.8 Å². The molecule has 3 aromatic rings. The van der Waals surface area contributed by atoms with E-state index in [1.165, 1.54) is 0 Å². The Kier molecular flexibility index (Phi) is 3.57. The number of rotatable bonds is 3. The van der Waals surface area contributed by atoms with Crippen molar-refractivity contribution in [1.82, 2.24) is 4.98 Å². The summed E-state index contributed by atoms with van der Waals surface area (Å²) in [5, 5.41) is 1.75. The maximum absolute atomic E-state index is 6.17. The third kappa shape index (κ3) is 2.47. The quantitative estimate of drug-likeness (QED) is 0.690. The molecule has 100 valence electrons. The molecule has 0 aliphatic carbocycles. The van der Waals surface area contributed by atoms with Gasteiger partial charge in [-0.1, -0.05) is 48.0 Å². The first kappa shape index (κ1) is 12.9. The van der Waals surface area contributed by atoms with Gasteiger partial charge in [0, 0.05) is 17.1 Å². The topological polar surface area (TPSA) is 22.1 Å². The Morgan fingerprint density at radius 1 is 1.05 bits per heavy atom. The number of pyridine rings is 1. The van der Waals surface area contributed by atoms with Crippen LogP contribution >= 0.6 is 11.6 Å². The summed E-state index contributed by atoms with van der Waals surface area (Å²) in [6.07, 6.45) is 1.80. The molecule has 0 spiro atoms. The Hall–Kier alpha value is -2.06. The van der Waals surface area contributed by atoms with Crippen LogP contribution in [0.4, 0.5) is 0 Å². The third-order valence-corrected chi connectivity index (χ3v) is 3.55. The lowest BCUT2D eigenvalue weighted by Gasteiger charge is -2.12. The van der Waals surface area contributed by atoms with Crippen molar-refractivity contribution in [3.8, 4) is 5.75 Å². The molecule has 2 nitrogen and oxygen atoms in total. The molecule has 0 radical (unpaired) electrons. The van der Waals surface area contributed by atoms with Crippen molar-refractivity contribution in [2.45, 2.75) is 13.5 Å². The molecular formula is C17H14ClNO. The van der Waals surface area contributed by atoms with Crippen molar-refractivity contribution in [2.24, 2.45) is 0 Å². The van der Waals surface area contributed by atoms with Crippen LogP contribution in [0.1, 0.15) is 11.1 Å².